The minimum absolute atomic E-state index is 0.380. The van der Waals surface area contributed by atoms with Crippen LogP contribution in [-0.2, 0) is 0 Å². The molecule has 1 aliphatic heterocycles. The normalized spacial score (nSPS) is 23.9. The molecule has 70 valence electrons. The smallest absolute Gasteiger partial charge is 0.0336 e. The minimum Gasteiger partial charge on any atom is -0.296 e. The predicted molar refractivity (Wildman–Crippen MR) is 58.0 cm³/mol. The Balaban J connectivity index is 2.41. The molecule has 0 amide bonds. The van der Waals surface area contributed by atoms with Gasteiger partial charge in [-0.15, -0.1) is 0 Å². The molecular formula is C9H16ClNS. The van der Waals surface area contributed by atoms with Gasteiger partial charge in [0.25, 0.3) is 0 Å². The van der Waals surface area contributed by atoms with E-state index >= 15 is 0 Å². The van der Waals surface area contributed by atoms with Crippen molar-refractivity contribution in [3.05, 3.63) is 11.6 Å². The van der Waals surface area contributed by atoms with E-state index in [9.17, 15) is 0 Å². The summed E-state index contributed by atoms with van der Waals surface area (Å²) in [6.45, 7) is 11.4. The van der Waals surface area contributed by atoms with Crippen LogP contribution in [0.5, 0.6) is 0 Å². The molecule has 0 bridgehead atoms. The Hall–Kier alpha value is 0.340. The van der Waals surface area contributed by atoms with E-state index in [4.69, 9.17) is 11.6 Å². The minimum atomic E-state index is 0.380. The van der Waals surface area contributed by atoms with E-state index in [1.807, 2.05) is 11.8 Å². The lowest BCUT2D eigenvalue weighted by Crippen LogP contribution is -2.43. The fourth-order valence-corrected chi connectivity index (χ4v) is 2.84. The molecule has 0 unspecified atom stereocenters. The van der Waals surface area contributed by atoms with Crippen LogP contribution in [0.1, 0.15) is 13.8 Å². The van der Waals surface area contributed by atoms with E-state index < -0.39 is 0 Å². The molecule has 1 saturated heterocycles. The van der Waals surface area contributed by atoms with Crippen LogP contribution in [0.3, 0.4) is 0 Å². The second-order valence-electron chi connectivity index (χ2n) is 3.84. The van der Waals surface area contributed by atoms with Gasteiger partial charge in [-0.1, -0.05) is 18.2 Å². The largest absolute Gasteiger partial charge is 0.296 e. The summed E-state index contributed by atoms with van der Waals surface area (Å²) in [7, 11) is 0. The third-order valence-electron chi connectivity index (χ3n) is 1.90. The van der Waals surface area contributed by atoms with Gasteiger partial charge >= 0.3 is 0 Å². The summed E-state index contributed by atoms with van der Waals surface area (Å²) in [5.74, 6) is 1.21. The lowest BCUT2D eigenvalue weighted by atomic mass is 10.2. The highest BCUT2D eigenvalue weighted by atomic mass is 35.5. The zero-order valence-corrected chi connectivity index (χ0v) is 9.34. The van der Waals surface area contributed by atoms with Crippen LogP contribution in [0.4, 0.5) is 0 Å². The Morgan fingerprint density at radius 2 is 2.33 bits per heavy atom. The molecule has 0 aliphatic carbocycles. The second-order valence-corrected chi connectivity index (χ2v) is 6.17. The molecule has 3 heteroatoms. The Morgan fingerprint density at radius 1 is 1.67 bits per heavy atom. The van der Waals surface area contributed by atoms with Gasteiger partial charge in [0.2, 0.25) is 0 Å². The molecule has 1 fully saturated rings. The van der Waals surface area contributed by atoms with Crippen molar-refractivity contribution in [2.24, 2.45) is 0 Å². The maximum atomic E-state index is 5.76. The standard InChI is InChI=1S/C9H16ClNS/c1-8(10)6-11-4-5-12-9(2,3)7-11/h1,4-7H2,2-3H3. The molecule has 1 rings (SSSR count). The Kier molecular flexibility index (Phi) is 3.50. The molecule has 0 N–H and O–H groups in total. The zero-order valence-electron chi connectivity index (χ0n) is 7.77. The number of halogens is 1. The first-order valence-corrected chi connectivity index (χ1v) is 5.55. The number of hydrogen-bond acceptors (Lipinski definition) is 2. The highest BCUT2D eigenvalue weighted by molar-refractivity contribution is 8.00. The summed E-state index contributed by atoms with van der Waals surface area (Å²) in [6, 6.07) is 0. The summed E-state index contributed by atoms with van der Waals surface area (Å²) in [5.41, 5.74) is 0. The van der Waals surface area contributed by atoms with Crippen molar-refractivity contribution in [3.63, 3.8) is 0 Å². The summed E-state index contributed by atoms with van der Waals surface area (Å²) in [6.07, 6.45) is 0. The van der Waals surface area contributed by atoms with E-state index in [0.29, 0.717) is 4.75 Å². The van der Waals surface area contributed by atoms with Crippen molar-refractivity contribution in [2.75, 3.05) is 25.4 Å². The first kappa shape index (κ1) is 10.4. The monoisotopic (exact) mass is 205 g/mol. The fourth-order valence-electron chi connectivity index (χ4n) is 1.49. The first-order valence-electron chi connectivity index (χ1n) is 4.19. The van der Waals surface area contributed by atoms with Crippen LogP contribution in [0.25, 0.3) is 0 Å². The lowest BCUT2D eigenvalue weighted by molar-refractivity contribution is 0.285. The fraction of sp³-hybridized carbons (Fsp3) is 0.778. The maximum absolute atomic E-state index is 5.76. The molecule has 0 radical (unpaired) electrons. The molecule has 0 atom stereocenters. The molecule has 1 aliphatic rings. The van der Waals surface area contributed by atoms with Gasteiger partial charge in [-0.25, -0.2) is 0 Å². The van der Waals surface area contributed by atoms with Gasteiger partial charge in [-0.05, 0) is 13.8 Å². The van der Waals surface area contributed by atoms with Crippen LogP contribution in [0, 0.1) is 0 Å². The molecule has 0 saturated carbocycles. The Bertz CT molecular complexity index is 179. The third kappa shape index (κ3) is 3.38. The number of thioether (sulfide) groups is 1. The topological polar surface area (TPSA) is 3.24 Å². The lowest BCUT2D eigenvalue weighted by Gasteiger charge is -2.37. The SMILES string of the molecule is C=C(Cl)CN1CCSC(C)(C)C1. The second kappa shape index (κ2) is 4.03. The number of rotatable bonds is 2. The maximum Gasteiger partial charge on any atom is 0.0336 e. The quantitative estimate of drug-likeness (QED) is 0.682. The molecule has 1 heterocycles. The predicted octanol–water partition coefficient (Wildman–Crippen LogP) is 2.57. The first-order chi connectivity index (χ1) is 5.49. The van der Waals surface area contributed by atoms with Crippen molar-refractivity contribution in [2.45, 2.75) is 18.6 Å². The number of nitrogens with zero attached hydrogens (tertiary/aromatic N) is 1. The summed E-state index contributed by atoms with van der Waals surface area (Å²) < 4.78 is 0.380. The van der Waals surface area contributed by atoms with Crippen LogP contribution in [0.2, 0.25) is 0 Å². The van der Waals surface area contributed by atoms with Crippen molar-refractivity contribution >= 4 is 23.4 Å². The van der Waals surface area contributed by atoms with Crippen molar-refractivity contribution in [1.29, 1.82) is 0 Å². The highest BCUT2D eigenvalue weighted by Crippen LogP contribution is 2.29. The molecule has 0 aromatic rings. The van der Waals surface area contributed by atoms with Gasteiger partial charge in [-0.2, -0.15) is 11.8 Å². The Labute approximate surface area is 84.1 Å². The van der Waals surface area contributed by atoms with E-state index in [-0.39, 0.29) is 0 Å². The molecule has 0 spiro atoms. The third-order valence-corrected chi connectivity index (χ3v) is 3.32. The summed E-state index contributed by atoms with van der Waals surface area (Å²) in [4.78, 5) is 2.37. The van der Waals surface area contributed by atoms with E-state index in [1.54, 1.807) is 0 Å². The van der Waals surface area contributed by atoms with Crippen LogP contribution < -0.4 is 0 Å². The molecular weight excluding hydrogens is 190 g/mol. The molecule has 12 heavy (non-hydrogen) atoms. The number of hydrogen-bond donors (Lipinski definition) is 0. The molecule has 0 aromatic heterocycles. The van der Waals surface area contributed by atoms with E-state index in [2.05, 4.69) is 25.3 Å². The Morgan fingerprint density at radius 3 is 2.83 bits per heavy atom. The van der Waals surface area contributed by atoms with Crippen LogP contribution in [-0.4, -0.2) is 35.0 Å². The van der Waals surface area contributed by atoms with Crippen molar-refractivity contribution in [1.82, 2.24) is 4.90 Å². The van der Waals surface area contributed by atoms with Gasteiger partial charge in [-0.3, -0.25) is 4.90 Å². The van der Waals surface area contributed by atoms with E-state index in [1.165, 1.54) is 5.75 Å². The summed E-state index contributed by atoms with van der Waals surface area (Å²) in [5, 5.41) is 0.748. The average molecular weight is 206 g/mol. The van der Waals surface area contributed by atoms with Crippen molar-refractivity contribution < 1.29 is 0 Å². The zero-order chi connectivity index (χ0) is 9.19. The van der Waals surface area contributed by atoms with Gasteiger partial charge in [0, 0.05) is 35.2 Å². The highest BCUT2D eigenvalue weighted by Gasteiger charge is 2.26. The van der Waals surface area contributed by atoms with Gasteiger partial charge < -0.3 is 0 Å². The average Bonchev–Trinajstić information content (AvgIpc) is 1.82. The molecule has 1 nitrogen and oxygen atoms in total. The van der Waals surface area contributed by atoms with Gasteiger partial charge in [0.05, 0.1) is 0 Å². The summed E-state index contributed by atoms with van der Waals surface area (Å²) >= 11 is 7.80. The van der Waals surface area contributed by atoms with Crippen LogP contribution >= 0.6 is 23.4 Å². The van der Waals surface area contributed by atoms with Crippen LogP contribution in [0.15, 0.2) is 11.6 Å². The van der Waals surface area contributed by atoms with Gasteiger partial charge in [0.15, 0.2) is 0 Å². The van der Waals surface area contributed by atoms with E-state index in [0.717, 1.165) is 24.7 Å². The van der Waals surface area contributed by atoms with Gasteiger partial charge in [0.1, 0.15) is 0 Å². The molecule has 0 aromatic carbocycles. The van der Waals surface area contributed by atoms with Crippen molar-refractivity contribution in [3.8, 4) is 0 Å².